The lowest BCUT2D eigenvalue weighted by atomic mass is 10.0. The maximum Gasteiger partial charge on any atom is 0.243 e. The summed E-state index contributed by atoms with van der Waals surface area (Å²) in [6.45, 7) is 2.66. The molecule has 1 atom stereocenters. The Morgan fingerprint density at radius 3 is 2.67 bits per heavy atom. The zero-order valence-corrected chi connectivity index (χ0v) is 21.7. The van der Waals surface area contributed by atoms with Crippen LogP contribution in [-0.2, 0) is 21.2 Å². The highest BCUT2D eigenvalue weighted by atomic mass is 32.2. The molecule has 1 aromatic heterocycles. The number of fused-ring (bicyclic) bond motifs is 1. The number of hydrogen-bond acceptors (Lipinski definition) is 5. The Hall–Kier alpha value is -2.75. The van der Waals surface area contributed by atoms with Gasteiger partial charge in [-0.1, -0.05) is 23.8 Å². The van der Waals surface area contributed by atoms with E-state index in [0.29, 0.717) is 25.3 Å². The number of aryl methyl sites for hydroxylation is 1. The van der Waals surface area contributed by atoms with Crippen molar-refractivity contribution in [2.45, 2.75) is 37.1 Å². The first-order valence-corrected chi connectivity index (χ1v) is 14.4. The van der Waals surface area contributed by atoms with Gasteiger partial charge in [0.1, 0.15) is 18.2 Å². The minimum Gasteiger partial charge on any atom is -0.491 e. The van der Waals surface area contributed by atoms with Crippen LogP contribution in [0, 0.1) is 18.7 Å². The van der Waals surface area contributed by atoms with Crippen LogP contribution in [0.4, 0.5) is 4.39 Å². The fourth-order valence-corrected chi connectivity index (χ4v) is 6.94. The van der Waals surface area contributed by atoms with Gasteiger partial charge in [0.15, 0.2) is 0 Å². The minimum atomic E-state index is -3.82. The molecule has 1 aliphatic heterocycles. The molecule has 0 unspecified atom stereocenters. The van der Waals surface area contributed by atoms with Gasteiger partial charge in [0.25, 0.3) is 0 Å². The molecule has 1 saturated carbocycles. The summed E-state index contributed by atoms with van der Waals surface area (Å²) in [6.07, 6.45) is 2.66. The van der Waals surface area contributed by atoms with Crippen molar-refractivity contribution in [3.05, 3.63) is 81.8 Å². The third-order valence-electron chi connectivity index (χ3n) is 6.75. The van der Waals surface area contributed by atoms with E-state index in [1.165, 1.54) is 21.3 Å². The standard InChI is InChI=1S/C27H29FN2O4S2/c1-19-5-9-23(10-6-19)36(32,33)29(16-20-7-8-20)17-27(31)30-13-11-26-24(12-14-35-26)25(30)18-34-22-4-2-3-21(28)15-22/h2-6,9-10,12,14-15,20,25H,7-8,11,13,16-18H2,1H3/t25-/m0/s1. The molecule has 5 rings (SSSR count). The zero-order chi connectivity index (χ0) is 25.3. The molecular formula is C27H29FN2O4S2. The lowest BCUT2D eigenvalue weighted by molar-refractivity contribution is -0.135. The van der Waals surface area contributed by atoms with E-state index in [4.69, 9.17) is 4.74 Å². The highest BCUT2D eigenvalue weighted by molar-refractivity contribution is 7.89. The molecule has 1 fully saturated rings. The van der Waals surface area contributed by atoms with E-state index in [9.17, 15) is 17.6 Å². The smallest absolute Gasteiger partial charge is 0.243 e. The number of carbonyl (C=O) groups excluding carboxylic acids is 1. The second-order valence-electron chi connectivity index (χ2n) is 9.47. The number of carbonyl (C=O) groups is 1. The molecule has 0 radical (unpaired) electrons. The number of nitrogens with zero attached hydrogens (tertiary/aromatic N) is 2. The van der Waals surface area contributed by atoms with Crippen LogP contribution in [0.25, 0.3) is 0 Å². The van der Waals surface area contributed by atoms with Crippen molar-refractivity contribution in [2.24, 2.45) is 5.92 Å². The molecule has 0 spiro atoms. The van der Waals surface area contributed by atoms with Crippen molar-refractivity contribution in [3.63, 3.8) is 0 Å². The topological polar surface area (TPSA) is 66.9 Å². The predicted octanol–water partition coefficient (Wildman–Crippen LogP) is 4.80. The van der Waals surface area contributed by atoms with Gasteiger partial charge >= 0.3 is 0 Å². The average Bonchev–Trinajstić information content (AvgIpc) is 3.55. The van der Waals surface area contributed by atoms with Crippen LogP contribution in [0.15, 0.2) is 64.9 Å². The Balaban J connectivity index is 1.37. The van der Waals surface area contributed by atoms with Gasteiger partial charge in [0, 0.05) is 24.0 Å². The van der Waals surface area contributed by atoms with Gasteiger partial charge in [0.05, 0.1) is 17.5 Å². The van der Waals surface area contributed by atoms with Crippen LogP contribution in [0.2, 0.25) is 0 Å². The monoisotopic (exact) mass is 528 g/mol. The fraction of sp³-hybridized carbons (Fsp3) is 0.370. The van der Waals surface area contributed by atoms with Crippen LogP contribution < -0.4 is 4.74 Å². The van der Waals surface area contributed by atoms with Crippen LogP contribution >= 0.6 is 11.3 Å². The summed E-state index contributed by atoms with van der Waals surface area (Å²) in [4.78, 5) is 16.8. The first-order valence-electron chi connectivity index (χ1n) is 12.1. The number of amides is 1. The Kier molecular flexibility index (Phi) is 7.14. The maximum absolute atomic E-state index is 13.7. The zero-order valence-electron chi connectivity index (χ0n) is 20.1. The van der Waals surface area contributed by atoms with Crippen molar-refractivity contribution >= 4 is 27.3 Å². The van der Waals surface area contributed by atoms with Crippen LogP contribution in [0.1, 0.15) is 34.9 Å². The van der Waals surface area contributed by atoms with E-state index in [2.05, 4.69) is 0 Å². The van der Waals surface area contributed by atoms with E-state index in [0.717, 1.165) is 24.0 Å². The van der Waals surface area contributed by atoms with Gasteiger partial charge in [-0.05, 0) is 73.4 Å². The number of rotatable bonds is 9. The average molecular weight is 529 g/mol. The first kappa shape index (κ1) is 24.9. The Morgan fingerprint density at radius 1 is 1.17 bits per heavy atom. The number of hydrogen-bond donors (Lipinski definition) is 0. The van der Waals surface area contributed by atoms with Crippen molar-refractivity contribution in [1.82, 2.24) is 9.21 Å². The summed E-state index contributed by atoms with van der Waals surface area (Å²) in [5, 5.41) is 2.00. The molecule has 1 aliphatic carbocycles. The highest BCUT2D eigenvalue weighted by Crippen LogP contribution is 2.35. The van der Waals surface area contributed by atoms with Crippen molar-refractivity contribution in [3.8, 4) is 5.75 Å². The van der Waals surface area contributed by atoms with E-state index in [1.807, 2.05) is 18.4 Å². The molecule has 2 aliphatic rings. The van der Waals surface area contributed by atoms with Gasteiger partial charge in [-0.2, -0.15) is 4.31 Å². The lowest BCUT2D eigenvalue weighted by Gasteiger charge is -2.37. The number of thiophene rings is 1. The number of benzene rings is 2. The van der Waals surface area contributed by atoms with Gasteiger partial charge in [-0.25, -0.2) is 12.8 Å². The van der Waals surface area contributed by atoms with Gasteiger partial charge in [-0.3, -0.25) is 4.79 Å². The summed E-state index contributed by atoms with van der Waals surface area (Å²) in [7, 11) is -3.82. The number of ether oxygens (including phenoxy) is 1. The lowest BCUT2D eigenvalue weighted by Crippen LogP contribution is -2.48. The van der Waals surface area contributed by atoms with Gasteiger partial charge in [-0.15, -0.1) is 11.3 Å². The molecule has 2 heterocycles. The van der Waals surface area contributed by atoms with Crippen molar-refractivity contribution in [1.29, 1.82) is 0 Å². The molecule has 0 bridgehead atoms. The number of sulfonamides is 1. The summed E-state index contributed by atoms with van der Waals surface area (Å²) < 4.78 is 47.9. The molecule has 6 nitrogen and oxygen atoms in total. The molecule has 1 amide bonds. The van der Waals surface area contributed by atoms with Crippen molar-refractivity contribution < 1.29 is 22.3 Å². The normalized spacial score (nSPS) is 17.8. The molecule has 3 aromatic rings. The second-order valence-corrected chi connectivity index (χ2v) is 12.4. The Labute approximate surface area is 215 Å². The highest BCUT2D eigenvalue weighted by Gasteiger charge is 2.37. The Morgan fingerprint density at radius 2 is 1.94 bits per heavy atom. The summed E-state index contributed by atoms with van der Waals surface area (Å²) in [5.74, 6) is 0.0328. The molecule has 0 N–H and O–H groups in total. The third kappa shape index (κ3) is 5.48. The minimum absolute atomic E-state index is 0.159. The Bertz CT molecular complexity index is 1340. The van der Waals surface area contributed by atoms with Gasteiger partial charge < -0.3 is 9.64 Å². The van der Waals surface area contributed by atoms with E-state index < -0.39 is 15.8 Å². The van der Waals surface area contributed by atoms with Crippen LogP contribution in [0.3, 0.4) is 0 Å². The number of halogens is 1. The SMILES string of the molecule is Cc1ccc(S(=O)(=O)N(CC(=O)N2CCc3sccc3[C@@H]2COc2cccc(F)c2)CC2CC2)cc1. The molecular weight excluding hydrogens is 499 g/mol. The molecule has 0 saturated heterocycles. The van der Waals surface area contributed by atoms with Crippen LogP contribution in [0.5, 0.6) is 5.75 Å². The molecule has 190 valence electrons. The van der Waals surface area contributed by atoms with E-state index >= 15 is 0 Å². The largest absolute Gasteiger partial charge is 0.491 e. The van der Waals surface area contributed by atoms with Crippen molar-refractivity contribution in [2.75, 3.05) is 26.2 Å². The molecule has 36 heavy (non-hydrogen) atoms. The second kappa shape index (κ2) is 10.3. The first-order chi connectivity index (χ1) is 17.3. The summed E-state index contributed by atoms with van der Waals surface area (Å²) in [6, 6.07) is 14.3. The summed E-state index contributed by atoms with van der Waals surface area (Å²) in [5.41, 5.74) is 1.98. The summed E-state index contributed by atoms with van der Waals surface area (Å²) >= 11 is 1.64. The molecule has 2 aromatic carbocycles. The van der Waals surface area contributed by atoms with Gasteiger partial charge in [0.2, 0.25) is 15.9 Å². The molecule has 9 heteroatoms. The van der Waals surface area contributed by atoms with Crippen LogP contribution in [-0.4, -0.2) is 49.8 Å². The maximum atomic E-state index is 13.7. The van der Waals surface area contributed by atoms with E-state index in [-0.39, 0.29) is 35.9 Å². The van der Waals surface area contributed by atoms with E-state index in [1.54, 1.807) is 52.6 Å². The quantitative estimate of drug-likeness (QED) is 0.400. The predicted molar refractivity (Wildman–Crippen MR) is 137 cm³/mol. The fourth-order valence-electron chi connectivity index (χ4n) is 4.54. The third-order valence-corrected chi connectivity index (χ3v) is 9.57.